The zero-order chi connectivity index (χ0) is 13.0. The van der Waals surface area contributed by atoms with Gasteiger partial charge in [0.2, 0.25) is 0 Å². The average Bonchev–Trinajstić information content (AvgIpc) is 3.14. The molecule has 1 fully saturated rings. The lowest BCUT2D eigenvalue weighted by atomic mass is 10.1. The first kappa shape index (κ1) is 13.1. The fourth-order valence-corrected chi connectivity index (χ4v) is 2.16. The summed E-state index contributed by atoms with van der Waals surface area (Å²) in [7, 11) is 0. The van der Waals surface area contributed by atoms with Gasteiger partial charge in [-0.15, -0.1) is 0 Å². The van der Waals surface area contributed by atoms with E-state index in [1.165, 1.54) is 19.3 Å². The number of hydrogen-bond acceptors (Lipinski definition) is 4. The molecule has 1 saturated carbocycles. The van der Waals surface area contributed by atoms with Crippen molar-refractivity contribution in [3.63, 3.8) is 0 Å². The van der Waals surface area contributed by atoms with E-state index in [1.54, 1.807) is 6.33 Å². The minimum atomic E-state index is 0.491. The van der Waals surface area contributed by atoms with Crippen LogP contribution in [-0.2, 0) is 0 Å². The van der Waals surface area contributed by atoms with Gasteiger partial charge in [-0.2, -0.15) is 0 Å². The van der Waals surface area contributed by atoms with Gasteiger partial charge in [0.05, 0.1) is 0 Å². The number of nitrogens with one attached hydrogen (secondary N) is 2. The van der Waals surface area contributed by atoms with Crippen LogP contribution in [0.4, 0.5) is 11.6 Å². The predicted molar refractivity (Wildman–Crippen MR) is 76.0 cm³/mol. The minimum absolute atomic E-state index is 0.491. The van der Waals surface area contributed by atoms with E-state index in [4.69, 9.17) is 0 Å². The summed E-state index contributed by atoms with van der Waals surface area (Å²) in [5.41, 5.74) is 1.12. The number of anilines is 2. The molecule has 0 aromatic carbocycles. The van der Waals surface area contributed by atoms with Crippen LogP contribution in [0.15, 0.2) is 6.33 Å². The van der Waals surface area contributed by atoms with Crippen LogP contribution in [0.2, 0.25) is 0 Å². The number of rotatable bonds is 7. The summed E-state index contributed by atoms with van der Waals surface area (Å²) in [5.74, 6) is 2.86. The third-order valence-corrected chi connectivity index (χ3v) is 3.39. The van der Waals surface area contributed by atoms with Crippen molar-refractivity contribution < 1.29 is 0 Å². The predicted octanol–water partition coefficient (Wildman–Crippen LogP) is 3.21. The summed E-state index contributed by atoms with van der Waals surface area (Å²) in [6, 6.07) is 0.491. The Morgan fingerprint density at radius 2 is 2.06 bits per heavy atom. The molecule has 1 aromatic rings. The minimum Gasteiger partial charge on any atom is -0.370 e. The van der Waals surface area contributed by atoms with Gasteiger partial charge in [0.15, 0.2) is 0 Å². The number of hydrogen-bond donors (Lipinski definition) is 2. The second-order valence-corrected chi connectivity index (χ2v) is 5.35. The molecule has 0 amide bonds. The molecule has 0 radical (unpaired) electrons. The lowest BCUT2D eigenvalue weighted by Crippen LogP contribution is -2.18. The highest BCUT2D eigenvalue weighted by atomic mass is 15.1. The van der Waals surface area contributed by atoms with E-state index >= 15 is 0 Å². The fourth-order valence-electron chi connectivity index (χ4n) is 2.16. The summed E-state index contributed by atoms with van der Waals surface area (Å²) in [4.78, 5) is 8.65. The van der Waals surface area contributed by atoms with Crippen LogP contribution in [-0.4, -0.2) is 22.6 Å². The topological polar surface area (TPSA) is 49.8 Å². The van der Waals surface area contributed by atoms with Crippen LogP contribution in [0, 0.1) is 12.8 Å². The van der Waals surface area contributed by atoms with Crippen LogP contribution in [0.1, 0.15) is 45.1 Å². The lowest BCUT2D eigenvalue weighted by Gasteiger charge is -2.17. The Kier molecular flexibility index (Phi) is 4.39. The average molecular weight is 248 g/mol. The van der Waals surface area contributed by atoms with Crippen molar-refractivity contribution in [2.24, 2.45) is 5.92 Å². The molecule has 1 aliphatic rings. The maximum absolute atomic E-state index is 4.35. The molecule has 2 rings (SSSR count). The maximum atomic E-state index is 4.35. The Bertz CT molecular complexity index is 387. The molecule has 1 unspecified atom stereocenters. The molecule has 18 heavy (non-hydrogen) atoms. The Hall–Kier alpha value is -1.32. The van der Waals surface area contributed by atoms with Gasteiger partial charge < -0.3 is 10.6 Å². The first-order chi connectivity index (χ1) is 8.70. The van der Waals surface area contributed by atoms with Crippen LogP contribution in [0.25, 0.3) is 0 Å². The largest absolute Gasteiger partial charge is 0.370 e. The van der Waals surface area contributed by atoms with Crippen molar-refractivity contribution in [2.75, 3.05) is 17.2 Å². The van der Waals surface area contributed by atoms with Gasteiger partial charge in [-0.05, 0) is 32.6 Å². The van der Waals surface area contributed by atoms with E-state index in [-0.39, 0.29) is 0 Å². The van der Waals surface area contributed by atoms with E-state index in [2.05, 4.69) is 41.4 Å². The van der Waals surface area contributed by atoms with Crippen molar-refractivity contribution in [3.8, 4) is 0 Å². The molecular formula is C14H24N4. The van der Waals surface area contributed by atoms with Crippen LogP contribution >= 0.6 is 0 Å². The van der Waals surface area contributed by atoms with Gasteiger partial charge in [0.25, 0.3) is 0 Å². The van der Waals surface area contributed by atoms with E-state index in [0.717, 1.165) is 36.1 Å². The first-order valence-electron chi connectivity index (χ1n) is 7.02. The standard InChI is InChI=1S/C14H24N4/c1-4-7-15-13-11(3)14(17-9-16-13)18-10(2)8-12-5-6-12/h9-10,12H,4-8H2,1-3H3,(H2,15,16,17,18). The van der Waals surface area contributed by atoms with E-state index in [1.807, 2.05) is 0 Å². The van der Waals surface area contributed by atoms with Gasteiger partial charge in [0.1, 0.15) is 18.0 Å². The van der Waals surface area contributed by atoms with Crippen molar-refractivity contribution in [2.45, 2.75) is 52.5 Å². The molecule has 1 atom stereocenters. The summed E-state index contributed by atoms with van der Waals surface area (Å²) >= 11 is 0. The molecule has 0 bridgehead atoms. The molecule has 4 nitrogen and oxygen atoms in total. The van der Waals surface area contributed by atoms with Crippen LogP contribution < -0.4 is 10.6 Å². The maximum Gasteiger partial charge on any atom is 0.134 e. The highest BCUT2D eigenvalue weighted by molar-refractivity contribution is 5.56. The fraction of sp³-hybridized carbons (Fsp3) is 0.714. The quantitative estimate of drug-likeness (QED) is 0.778. The highest BCUT2D eigenvalue weighted by Crippen LogP contribution is 2.34. The van der Waals surface area contributed by atoms with Gasteiger partial charge in [0, 0.05) is 18.2 Å². The van der Waals surface area contributed by atoms with E-state index < -0.39 is 0 Å². The molecular weight excluding hydrogens is 224 g/mol. The summed E-state index contributed by atoms with van der Waals surface area (Å²) in [5, 5.41) is 6.85. The SMILES string of the molecule is CCCNc1ncnc(NC(C)CC2CC2)c1C. The van der Waals surface area contributed by atoms with Crippen molar-refractivity contribution >= 4 is 11.6 Å². The second kappa shape index (κ2) is 6.03. The molecule has 0 saturated heterocycles. The monoisotopic (exact) mass is 248 g/mol. The Balaban J connectivity index is 1.97. The molecule has 2 N–H and O–H groups in total. The molecule has 1 aliphatic carbocycles. The molecule has 4 heteroatoms. The van der Waals surface area contributed by atoms with Crippen molar-refractivity contribution in [1.29, 1.82) is 0 Å². The second-order valence-electron chi connectivity index (χ2n) is 5.35. The zero-order valence-electron chi connectivity index (χ0n) is 11.7. The normalized spacial score (nSPS) is 16.4. The third kappa shape index (κ3) is 3.59. The van der Waals surface area contributed by atoms with Gasteiger partial charge in [-0.3, -0.25) is 0 Å². The van der Waals surface area contributed by atoms with Crippen molar-refractivity contribution in [3.05, 3.63) is 11.9 Å². The van der Waals surface area contributed by atoms with Crippen molar-refractivity contribution in [1.82, 2.24) is 9.97 Å². The first-order valence-corrected chi connectivity index (χ1v) is 7.02. The molecule has 100 valence electrons. The van der Waals surface area contributed by atoms with Gasteiger partial charge in [-0.25, -0.2) is 9.97 Å². The molecule has 0 aliphatic heterocycles. The smallest absolute Gasteiger partial charge is 0.134 e. The summed E-state index contributed by atoms with van der Waals surface area (Å²) in [6.07, 6.45) is 6.79. The lowest BCUT2D eigenvalue weighted by molar-refractivity contribution is 0.639. The third-order valence-electron chi connectivity index (χ3n) is 3.39. The Morgan fingerprint density at radius 3 is 2.72 bits per heavy atom. The summed E-state index contributed by atoms with van der Waals surface area (Å²) in [6.45, 7) is 7.42. The van der Waals surface area contributed by atoms with Crippen LogP contribution in [0.5, 0.6) is 0 Å². The molecule has 0 spiro atoms. The Labute approximate surface area is 110 Å². The summed E-state index contributed by atoms with van der Waals surface area (Å²) < 4.78 is 0. The van der Waals surface area contributed by atoms with E-state index in [0.29, 0.717) is 6.04 Å². The van der Waals surface area contributed by atoms with Crippen LogP contribution in [0.3, 0.4) is 0 Å². The van der Waals surface area contributed by atoms with Gasteiger partial charge in [-0.1, -0.05) is 19.8 Å². The Morgan fingerprint density at radius 1 is 1.33 bits per heavy atom. The number of aromatic nitrogens is 2. The highest BCUT2D eigenvalue weighted by Gasteiger charge is 2.23. The number of nitrogens with zero attached hydrogens (tertiary/aromatic N) is 2. The molecule has 1 heterocycles. The molecule has 1 aromatic heterocycles. The van der Waals surface area contributed by atoms with Gasteiger partial charge >= 0.3 is 0 Å². The zero-order valence-corrected chi connectivity index (χ0v) is 11.7. The van der Waals surface area contributed by atoms with E-state index in [9.17, 15) is 0 Å².